The molecule has 94 valence electrons. The molecule has 6 heteroatoms. The average Bonchev–Trinajstić information content (AvgIpc) is 2.28. The number of rotatable bonds is 7. The van der Waals surface area contributed by atoms with E-state index in [1.807, 2.05) is 6.92 Å². The zero-order chi connectivity index (χ0) is 12.7. The van der Waals surface area contributed by atoms with Gasteiger partial charge in [-0.15, -0.1) is 0 Å². The maximum absolute atomic E-state index is 13.1. The van der Waals surface area contributed by atoms with Gasteiger partial charge in [-0.3, -0.25) is 0 Å². The van der Waals surface area contributed by atoms with Crippen LogP contribution in [0, 0.1) is 5.82 Å². The van der Waals surface area contributed by atoms with Gasteiger partial charge in [0.05, 0.1) is 6.61 Å². The van der Waals surface area contributed by atoms with Crippen molar-refractivity contribution in [2.75, 3.05) is 19.8 Å². The third kappa shape index (κ3) is 5.17. The van der Waals surface area contributed by atoms with Gasteiger partial charge in [0, 0.05) is 25.7 Å². The van der Waals surface area contributed by atoms with Gasteiger partial charge in [-0.2, -0.15) is 0 Å². The van der Waals surface area contributed by atoms with Crippen molar-refractivity contribution in [3.8, 4) is 5.75 Å². The van der Waals surface area contributed by atoms with Crippen molar-refractivity contribution < 1.29 is 23.9 Å². The van der Waals surface area contributed by atoms with Gasteiger partial charge in [0.15, 0.2) is 0 Å². The van der Waals surface area contributed by atoms with Crippen LogP contribution >= 0.6 is 0 Å². The molecule has 1 aromatic carbocycles. The average molecular weight is 242 g/mol. The summed E-state index contributed by atoms with van der Waals surface area (Å²) in [6.07, 6.45) is 0.696. The molecule has 0 atom stereocenters. The summed E-state index contributed by atoms with van der Waals surface area (Å²) in [5.74, 6) is -0.278. The lowest BCUT2D eigenvalue weighted by molar-refractivity contribution is 0.131. The Morgan fingerprint density at radius 2 is 2.00 bits per heavy atom. The minimum atomic E-state index is -1.70. The van der Waals surface area contributed by atoms with Crippen molar-refractivity contribution >= 4 is 12.6 Å². The third-order valence-electron chi connectivity index (χ3n) is 2.10. The quantitative estimate of drug-likeness (QED) is 0.533. The Labute approximate surface area is 100 Å². The Kier molecular flexibility index (Phi) is 5.97. The maximum atomic E-state index is 13.1. The van der Waals surface area contributed by atoms with Crippen LogP contribution in [-0.2, 0) is 4.74 Å². The van der Waals surface area contributed by atoms with Crippen molar-refractivity contribution in [1.82, 2.24) is 0 Å². The van der Waals surface area contributed by atoms with Crippen molar-refractivity contribution in [2.24, 2.45) is 0 Å². The molecule has 0 bridgehead atoms. The van der Waals surface area contributed by atoms with E-state index in [4.69, 9.17) is 19.5 Å². The summed E-state index contributed by atoms with van der Waals surface area (Å²) < 4.78 is 23.5. The molecule has 2 N–H and O–H groups in total. The summed E-state index contributed by atoms with van der Waals surface area (Å²) in [7, 11) is -1.70. The van der Waals surface area contributed by atoms with Gasteiger partial charge in [-0.05, 0) is 24.5 Å². The van der Waals surface area contributed by atoms with Crippen molar-refractivity contribution in [1.29, 1.82) is 0 Å². The second-order valence-electron chi connectivity index (χ2n) is 3.49. The molecule has 1 aromatic rings. The molecule has 0 saturated carbocycles. The van der Waals surface area contributed by atoms with Gasteiger partial charge < -0.3 is 19.5 Å². The second-order valence-corrected chi connectivity index (χ2v) is 3.49. The minimum Gasteiger partial charge on any atom is -0.493 e. The van der Waals surface area contributed by atoms with E-state index in [2.05, 4.69) is 0 Å². The first-order valence-corrected chi connectivity index (χ1v) is 5.50. The van der Waals surface area contributed by atoms with Crippen molar-refractivity contribution in [2.45, 2.75) is 13.3 Å². The van der Waals surface area contributed by atoms with E-state index >= 15 is 0 Å². The molecule has 0 saturated heterocycles. The van der Waals surface area contributed by atoms with Gasteiger partial charge >= 0.3 is 7.12 Å². The number of hydrogen-bond donors (Lipinski definition) is 2. The van der Waals surface area contributed by atoms with Crippen LogP contribution < -0.4 is 10.2 Å². The monoisotopic (exact) mass is 242 g/mol. The summed E-state index contributed by atoms with van der Waals surface area (Å²) in [5, 5.41) is 17.9. The molecule has 0 radical (unpaired) electrons. The first kappa shape index (κ1) is 14.0. The van der Waals surface area contributed by atoms with Crippen LogP contribution in [0.4, 0.5) is 4.39 Å². The summed E-state index contributed by atoms with van der Waals surface area (Å²) >= 11 is 0. The molecular formula is C11H16BFO4. The molecule has 0 aromatic heterocycles. The summed E-state index contributed by atoms with van der Waals surface area (Å²) in [6.45, 7) is 3.54. The largest absolute Gasteiger partial charge is 0.493 e. The minimum absolute atomic E-state index is 0.0739. The highest BCUT2D eigenvalue weighted by Gasteiger charge is 2.13. The molecule has 1 rings (SSSR count). The molecule has 4 nitrogen and oxygen atoms in total. The summed E-state index contributed by atoms with van der Waals surface area (Å²) in [6, 6.07) is 3.65. The second kappa shape index (κ2) is 7.27. The number of benzene rings is 1. The molecule has 0 heterocycles. The van der Waals surface area contributed by atoms with Crippen LogP contribution in [0.5, 0.6) is 5.75 Å². The molecule has 0 spiro atoms. The highest BCUT2D eigenvalue weighted by molar-refractivity contribution is 6.58. The number of ether oxygens (including phenoxy) is 2. The fourth-order valence-electron chi connectivity index (χ4n) is 1.31. The van der Waals surface area contributed by atoms with Gasteiger partial charge in [0.2, 0.25) is 0 Å². The van der Waals surface area contributed by atoms with Crippen LogP contribution in [-0.4, -0.2) is 37.0 Å². The van der Waals surface area contributed by atoms with Crippen LogP contribution in [0.1, 0.15) is 13.3 Å². The van der Waals surface area contributed by atoms with Crippen LogP contribution in [0.25, 0.3) is 0 Å². The standard InChI is InChI=1S/C11H16BFO4/c1-2-16-4-3-5-17-11-7-9(12(14)15)6-10(13)8-11/h6-8,14-15H,2-5H2,1H3. The van der Waals surface area contributed by atoms with E-state index in [1.54, 1.807) is 0 Å². The van der Waals surface area contributed by atoms with E-state index in [-0.39, 0.29) is 11.2 Å². The summed E-state index contributed by atoms with van der Waals surface area (Å²) in [5.41, 5.74) is 0.0739. The van der Waals surface area contributed by atoms with E-state index in [1.165, 1.54) is 12.1 Å². The fourth-order valence-corrected chi connectivity index (χ4v) is 1.31. The van der Waals surface area contributed by atoms with E-state index < -0.39 is 12.9 Å². The highest BCUT2D eigenvalue weighted by Crippen LogP contribution is 2.11. The van der Waals surface area contributed by atoms with E-state index in [0.717, 1.165) is 6.07 Å². The van der Waals surface area contributed by atoms with E-state index in [9.17, 15) is 4.39 Å². The van der Waals surface area contributed by atoms with Gasteiger partial charge in [0.25, 0.3) is 0 Å². The topological polar surface area (TPSA) is 58.9 Å². The maximum Gasteiger partial charge on any atom is 0.488 e. The highest BCUT2D eigenvalue weighted by atomic mass is 19.1. The Hall–Kier alpha value is -1.11. The zero-order valence-corrected chi connectivity index (χ0v) is 9.73. The molecule has 0 aliphatic rings. The number of hydrogen-bond acceptors (Lipinski definition) is 4. The van der Waals surface area contributed by atoms with Gasteiger partial charge in [-0.1, -0.05) is 0 Å². The normalized spacial score (nSPS) is 10.4. The molecule has 0 unspecified atom stereocenters. The van der Waals surface area contributed by atoms with Crippen LogP contribution in [0.15, 0.2) is 18.2 Å². The lowest BCUT2D eigenvalue weighted by atomic mass is 9.80. The smallest absolute Gasteiger partial charge is 0.488 e. The molecule has 0 fully saturated rings. The third-order valence-corrected chi connectivity index (χ3v) is 2.10. The SMILES string of the molecule is CCOCCCOc1cc(F)cc(B(O)O)c1. The van der Waals surface area contributed by atoms with Crippen LogP contribution in [0.2, 0.25) is 0 Å². The lowest BCUT2D eigenvalue weighted by Crippen LogP contribution is -2.30. The Morgan fingerprint density at radius 1 is 1.24 bits per heavy atom. The first-order chi connectivity index (χ1) is 8.13. The molecule has 0 aliphatic heterocycles. The molecular weight excluding hydrogens is 226 g/mol. The Bertz CT molecular complexity index is 346. The molecule has 0 aliphatic carbocycles. The Morgan fingerprint density at radius 3 is 2.65 bits per heavy atom. The van der Waals surface area contributed by atoms with Gasteiger partial charge in [0.1, 0.15) is 11.6 Å². The lowest BCUT2D eigenvalue weighted by Gasteiger charge is -2.08. The van der Waals surface area contributed by atoms with Gasteiger partial charge in [-0.25, -0.2) is 4.39 Å². The Balaban J connectivity index is 2.47. The van der Waals surface area contributed by atoms with Crippen molar-refractivity contribution in [3.63, 3.8) is 0 Å². The van der Waals surface area contributed by atoms with Crippen molar-refractivity contribution in [3.05, 3.63) is 24.0 Å². The molecule has 17 heavy (non-hydrogen) atoms. The molecule has 0 amide bonds. The predicted octanol–water partition coefficient (Wildman–Crippen LogP) is 0.311. The first-order valence-electron chi connectivity index (χ1n) is 5.50. The fraction of sp³-hybridized carbons (Fsp3) is 0.455. The van der Waals surface area contributed by atoms with E-state index in [0.29, 0.717) is 26.2 Å². The number of halogens is 1. The predicted molar refractivity (Wildman–Crippen MR) is 62.8 cm³/mol. The zero-order valence-electron chi connectivity index (χ0n) is 9.73. The van der Waals surface area contributed by atoms with Crippen LogP contribution in [0.3, 0.4) is 0 Å². The summed E-state index contributed by atoms with van der Waals surface area (Å²) in [4.78, 5) is 0.